The highest BCUT2D eigenvalue weighted by Crippen LogP contribution is 2.68. The number of fused-ring (bicyclic) bond motifs is 4. The van der Waals surface area contributed by atoms with Gasteiger partial charge in [0, 0.05) is 6.42 Å². The number of aliphatic carboxylic acids is 1. The minimum Gasteiger partial charge on any atom is -0.481 e. The zero-order valence-electron chi connectivity index (χ0n) is 16.0. The summed E-state index contributed by atoms with van der Waals surface area (Å²) in [6, 6.07) is 2.32. The topological polar surface area (TPSA) is 93.7 Å². The minimum absolute atomic E-state index is 0.0660. The van der Waals surface area contributed by atoms with Gasteiger partial charge in [0.2, 0.25) is 0 Å². The van der Waals surface area contributed by atoms with Gasteiger partial charge in [-0.15, -0.1) is 0 Å². The van der Waals surface area contributed by atoms with Crippen molar-refractivity contribution in [2.24, 2.45) is 27.8 Å². The fraction of sp³-hybridized carbons (Fsp3) is 0.682. The van der Waals surface area contributed by atoms with Crippen molar-refractivity contribution in [3.8, 4) is 6.07 Å². The van der Waals surface area contributed by atoms with Crippen molar-refractivity contribution in [3.05, 3.63) is 22.8 Å². The lowest BCUT2D eigenvalue weighted by molar-refractivity contribution is -0.143. The zero-order chi connectivity index (χ0) is 19.2. The number of carboxylic acid groups (broad SMARTS) is 1. The summed E-state index contributed by atoms with van der Waals surface area (Å²) in [5, 5.41) is 31.5. The smallest absolute Gasteiger partial charge is 0.303 e. The number of hydrogen-bond donors (Lipinski definition) is 2. The monoisotopic (exact) mass is 368 g/mol. The van der Waals surface area contributed by atoms with Crippen LogP contribution in [0.4, 0.5) is 0 Å². The summed E-state index contributed by atoms with van der Waals surface area (Å²) in [5.74, 6) is 0.238. The van der Waals surface area contributed by atoms with Crippen LogP contribution >= 0.6 is 0 Å². The third-order valence-corrected chi connectivity index (χ3v) is 8.32. The Kier molecular flexibility index (Phi) is 4.41. The highest BCUT2D eigenvalue weighted by Gasteiger charge is 2.61. The van der Waals surface area contributed by atoms with Crippen LogP contribution in [0, 0.1) is 34.0 Å². The second-order valence-electron chi connectivity index (χ2n) is 9.16. The van der Waals surface area contributed by atoms with Crippen molar-refractivity contribution in [2.45, 2.75) is 71.1 Å². The molecule has 4 rings (SSSR count). The fourth-order valence-electron chi connectivity index (χ4n) is 6.94. The number of nitrogens with zero attached hydrogens (tertiary/aromatic N) is 2. The highest BCUT2D eigenvalue weighted by atomic mass is 16.4. The van der Waals surface area contributed by atoms with E-state index in [1.165, 1.54) is 11.1 Å². The number of hydrogen-bond acceptors (Lipinski definition) is 4. The molecule has 0 aromatic rings. The molecule has 144 valence electrons. The van der Waals surface area contributed by atoms with E-state index in [0.717, 1.165) is 57.1 Å². The molecule has 0 aromatic carbocycles. The highest BCUT2D eigenvalue weighted by molar-refractivity contribution is 5.97. The van der Waals surface area contributed by atoms with Gasteiger partial charge in [-0.2, -0.15) is 5.26 Å². The van der Waals surface area contributed by atoms with E-state index in [1.807, 2.05) is 0 Å². The maximum atomic E-state index is 11.6. The Hall–Kier alpha value is -2.09. The average Bonchev–Trinajstić information content (AvgIpc) is 2.93. The molecule has 2 N–H and O–H groups in total. The Balaban J connectivity index is 1.71. The van der Waals surface area contributed by atoms with Gasteiger partial charge < -0.3 is 10.3 Å². The normalized spacial score (nSPS) is 39.3. The molecule has 0 saturated heterocycles. The van der Waals surface area contributed by atoms with E-state index in [9.17, 15) is 15.2 Å². The van der Waals surface area contributed by atoms with Crippen molar-refractivity contribution in [1.29, 1.82) is 5.26 Å². The number of allylic oxidation sites excluding steroid dienone is 4. The minimum atomic E-state index is -0.770. The predicted octanol–water partition coefficient (Wildman–Crippen LogP) is 4.83. The molecule has 5 nitrogen and oxygen atoms in total. The maximum absolute atomic E-state index is 11.6. The molecule has 0 bridgehead atoms. The summed E-state index contributed by atoms with van der Waals surface area (Å²) >= 11 is 0. The summed E-state index contributed by atoms with van der Waals surface area (Å²) < 4.78 is 0. The Bertz CT molecular complexity index is 803. The summed E-state index contributed by atoms with van der Waals surface area (Å²) in [7, 11) is 0. The molecule has 0 heterocycles. The molecule has 0 aromatic heterocycles. The van der Waals surface area contributed by atoms with E-state index >= 15 is 0 Å². The maximum Gasteiger partial charge on any atom is 0.303 e. The Morgan fingerprint density at radius 1 is 1.30 bits per heavy atom. The molecule has 4 aliphatic carbocycles. The van der Waals surface area contributed by atoms with Gasteiger partial charge in [0.1, 0.15) is 0 Å². The van der Waals surface area contributed by atoms with Crippen LogP contribution in [0.2, 0.25) is 0 Å². The summed E-state index contributed by atoms with van der Waals surface area (Å²) in [4.78, 5) is 11.6. The first-order valence-electron chi connectivity index (χ1n) is 10.2. The van der Waals surface area contributed by atoms with Crippen molar-refractivity contribution in [3.63, 3.8) is 0 Å². The standard InChI is InChI=1S/C22H28N2O3/c1-21-8-6-17-16-5-3-15(24-27)12-14(16)2-4-18(17)19(21)7-9-22(21,10-11-23)13-20(25)26/h12,18-19,27H,2-10,13H2,1H3,(H,25,26)/t18?,19?,21-,22-/m0/s1. The summed E-state index contributed by atoms with van der Waals surface area (Å²) in [6.07, 6.45) is 10.3. The second kappa shape index (κ2) is 6.51. The lowest BCUT2D eigenvalue weighted by Gasteiger charge is -2.53. The zero-order valence-corrected chi connectivity index (χ0v) is 16.0. The second-order valence-corrected chi connectivity index (χ2v) is 9.16. The molecule has 2 fully saturated rings. The van der Waals surface area contributed by atoms with E-state index in [0.29, 0.717) is 18.3 Å². The van der Waals surface area contributed by atoms with Gasteiger partial charge in [-0.25, -0.2) is 0 Å². The fourth-order valence-corrected chi connectivity index (χ4v) is 6.94. The first kappa shape index (κ1) is 18.3. The molecule has 0 amide bonds. The van der Waals surface area contributed by atoms with Crippen molar-refractivity contribution in [2.75, 3.05) is 0 Å². The van der Waals surface area contributed by atoms with Gasteiger partial charge in [-0.1, -0.05) is 17.7 Å². The van der Waals surface area contributed by atoms with Gasteiger partial charge in [-0.3, -0.25) is 4.79 Å². The van der Waals surface area contributed by atoms with E-state index < -0.39 is 5.97 Å². The van der Waals surface area contributed by atoms with Gasteiger partial charge >= 0.3 is 5.97 Å². The van der Waals surface area contributed by atoms with Gasteiger partial charge in [0.15, 0.2) is 0 Å². The summed E-state index contributed by atoms with van der Waals surface area (Å²) in [5.41, 5.74) is 4.74. The molecule has 2 unspecified atom stereocenters. The molecule has 0 aliphatic heterocycles. The van der Waals surface area contributed by atoms with Crippen LogP contribution in [0.3, 0.4) is 0 Å². The molecular weight excluding hydrogens is 340 g/mol. The Morgan fingerprint density at radius 3 is 2.81 bits per heavy atom. The van der Waals surface area contributed by atoms with Crippen LogP contribution in [0.1, 0.15) is 71.1 Å². The quantitative estimate of drug-likeness (QED) is 0.551. The number of oxime groups is 1. The molecule has 5 heteroatoms. The first-order valence-corrected chi connectivity index (χ1v) is 10.2. The molecule has 4 atom stereocenters. The number of rotatable bonds is 3. The van der Waals surface area contributed by atoms with Gasteiger partial charge in [0.25, 0.3) is 0 Å². The van der Waals surface area contributed by atoms with Crippen LogP contribution in [-0.4, -0.2) is 22.0 Å². The Labute approximate surface area is 160 Å². The number of nitriles is 1. The summed E-state index contributed by atoms with van der Waals surface area (Å²) in [6.45, 7) is 2.27. The molecule has 0 radical (unpaired) electrons. The van der Waals surface area contributed by atoms with Crippen molar-refractivity contribution < 1.29 is 15.1 Å². The molecule has 4 aliphatic rings. The van der Waals surface area contributed by atoms with Gasteiger partial charge in [0.05, 0.1) is 18.2 Å². The van der Waals surface area contributed by atoms with Crippen LogP contribution in [0.5, 0.6) is 0 Å². The number of carboxylic acids is 1. The van der Waals surface area contributed by atoms with Crippen LogP contribution in [-0.2, 0) is 4.79 Å². The van der Waals surface area contributed by atoms with Crippen molar-refractivity contribution in [1.82, 2.24) is 0 Å². The van der Waals surface area contributed by atoms with Crippen molar-refractivity contribution >= 4 is 11.7 Å². The first-order chi connectivity index (χ1) is 12.9. The molecule has 27 heavy (non-hydrogen) atoms. The van der Waals surface area contributed by atoms with E-state index in [4.69, 9.17) is 5.21 Å². The Morgan fingerprint density at radius 2 is 2.11 bits per heavy atom. The van der Waals surface area contributed by atoms with E-state index in [-0.39, 0.29) is 17.3 Å². The number of carbonyl (C=O) groups is 1. The van der Waals surface area contributed by atoms with Crippen LogP contribution in [0.25, 0.3) is 0 Å². The lowest BCUT2D eigenvalue weighted by Crippen LogP contribution is -2.46. The molecule has 0 spiro atoms. The average molecular weight is 368 g/mol. The van der Waals surface area contributed by atoms with Crippen LogP contribution < -0.4 is 0 Å². The van der Waals surface area contributed by atoms with E-state index in [1.54, 1.807) is 5.57 Å². The SMILES string of the molecule is C[C@]12CCC3=C4CCC(=NO)C=C4CCC3C1CC[C@]2(CC#N)CC(=O)O. The molecule has 2 saturated carbocycles. The largest absolute Gasteiger partial charge is 0.481 e. The molecular formula is C22H28N2O3. The van der Waals surface area contributed by atoms with E-state index in [2.05, 4.69) is 24.2 Å². The van der Waals surface area contributed by atoms with Gasteiger partial charge in [-0.05, 0) is 91.3 Å². The third-order valence-electron chi connectivity index (χ3n) is 8.32. The lowest BCUT2D eigenvalue weighted by atomic mass is 9.51. The van der Waals surface area contributed by atoms with Crippen LogP contribution in [0.15, 0.2) is 28.0 Å². The predicted molar refractivity (Wildman–Crippen MR) is 101 cm³/mol. The third kappa shape index (κ3) is 2.64.